The minimum Gasteiger partial charge on any atom is -0.383 e. The zero-order valence-electron chi connectivity index (χ0n) is 12.7. The first-order valence-corrected chi connectivity index (χ1v) is 10.4. The summed E-state index contributed by atoms with van der Waals surface area (Å²) in [6, 6.07) is 14.2. The number of rotatable bonds is 6. The van der Waals surface area contributed by atoms with Crippen molar-refractivity contribution in [2.45, 2.75) is 20.7 Å². The molecule has 0 spiro atoms. The summed E-state index contributed by atoms with van der Waals surface area (Å²) < 4.78 is 28.7. The van der Waals surface area contributed by atoms with E-state index in [2.05, 4.69) is 15.9 Å². The summed E-state index contributed by atoms with van der Waals surface area (Å²) in [5.74, 6) is 0. The average molecular weight is 489 g/mol. The first-order chi connectivity index (χ1) is 11.5. The van der Waals surface area contributed by atoms with Gasteiger partial charge in [-0.2, -0.15) is 8.42 Å². The Morgan fingerprint density at radius 3 is 2.08 bits per heavy atom. The van der Waals surface area contributed by atoms with Crippen molar-refractivity contribution in [1.29, 1.82) is 0 Å². The highest BCUT2D eigenvalue weighted by molar-refractivity contribution is 9.10. The lowest BCUT2D eigenvalue weighted by atomic mass is 9.92. The fourth-order valence-electron chi connectivity index (χ4n) is 2.16. The lowest BCUT2D eigenvalue weighted by Crippen LogP contribution is -2.36. The molecule has 0 aliphatic heterocycles. The maximum atomic E-state index is 12.3. The van der Waals surface area contributed by atoms with E-state index in [1.54, 1.807) is 42.5 Å². The van der Waals surface area contributed by atoms with Crippen LogP contribution in [0.4, 0.5) is 0 Å². The molecule has 0 radical (unpaired) electrons. The number of benzene rings is 2. The molecule has 0 aliphatic carbocycles. The molecule has 136 valence electrons. The van der Waals surface area contributed by atoms with E-state index in [0.717, 1.165) is 4.47 Å². The molecular weight excluding hydrogens is 475 g/mol. The van der Waals surface area contributed by atoms with Crippen LogP contribution < -0.4 is 0 Å². The van der Waals surface area contributed by atoms with E-state index in [9.17, 15) is 13.5 Å². The van der Waals surface area contributed by atoms with Gasteiger partial charge >= 0.3 is 0 Å². The van der Waals surface area contributed by atoms with Crippen molar-refractivity contribution < 1.29 is 17.7 Å². The number of alkyl halides is 3. The topological polar surface area (TPSA) is 63.6 Å². The second-order valence-corrected chi connectivity index (χ2v) is 10.4. The van der Waals surface area contributed by atoms with Crippen LogP contribution in [0.1, 0.15) is 12.0 Å². The van der Waals surface area contributed by atoms with Crippen molar-refractivity contribution in [3.63, 3.8) is 0 Å². The molecule has 0 aromatic heterocycles. The van der Waals surface area contributed by atoms with Gasteiger partial charge in [0.15, 0.2) is 3.79 Å². The molecule has 0 saturated carbocycles. The predicted molar refractivity (Wildman–Crippen MR) is 103 cm³/mol. The van der Waals surface area contributed by atoms with Crippen LogP contribution in [-0.4, -0.2) is 23.9 Å². The first kappa shape index (κ1) is 21.0. The second-order valence-electron chi connectivity index (χ2n) is 5.36. The number of aliphatic hydroxyl groups is 1. The van der Waals surface area contributed by atoms with Crippen molar-refractivity contribution in [3.05, 3.63) is 64.6 Å². The standard InChI is InChI=1S/C16H14BrCl3O4S/c17-13-6-8-14(9-7-13)25(22,23)24-11-15(21,10-16(18,19)20)12-4-2-1-3-5-12/h1-9,21H,10-11H2. The maximum Gasteiger partial charge on any atom is 0.297 e. The van der Waals surface area contributed by atoms with Crippen LogP contribution in [-0.2, 0) is 19.9 Å². The predicted octanol–water partition coefficient (Wildman–Crippen LogP) is 4.80. The Labute approximate surface area is 169 Å². The molecule has 1 unspecified atom stereocenters. The smallest absolute Gasteiger partial charge is 0.297 e. The van der Waals surface area contributed by atoms with E-state index in [-0.39, 0.29) is 11.3 Å². The van der Waals surface area contributed by atoms with Crippen molar-refractivity contribution in [3.8, 4) is 0 Å². The quantitative estimate of drug-likeness (QED) is 0.469. The molecular formula is C16H14BrCl3O4S. The highest BCUT2D eigenvalue weighted by Gasteiger charge is 2.39. The fraction of sp³-hybridized carbons (Fsp3) is 0.250. The number of hydrogen-bond acceptors (Lipinski definition) is 4. The van der Waals surface area contributed by atoms with E-state index in [4.69, 9.17) is 39.0 Å². The van der Waals surface area contributed by atoms with Crippen LogP contribution in [0, 0.1) is 0 Å². The van der Waals surface area contributed by atoms with Gasteiger partial charge in [-0.3, -0.25) is 4.18 Å². The van der Waals surface area contributed by atoms with Gasteiger partial charge < -0.3 is 5.11 Å². The van der Waals surface area contributed by atoms with E-state index in [1.807, 2.05) is 0 Å². The summed E-state index contributed by atoms with van der Waals surface area (Å²) in [6.45, 7) is -0.594. The Morgan fingerprint density at radius 1 is 1.00 bits per heavy atom. The summed E-state index contributed by atoms with van der Waals surface area (Å²) in [5, 5.41) is 10.9. The molecule has 0 saturated heterocycles. The van der Waals surface area contributed by atoms with Gasteiger partial charge in [0.1, 0.15) is 5.60 Å². The largest absolute Gasteiger partial charge is 0.383 e. The fourth-order valence-corrected chi connectivity index (χ4v) is 4.04. The molecule has 0 heterocycles. The lowest BCUT2D eigenvalue weighted by molar-refractivity contribution is -0.0141. The Morgan fingerprint density at radius 2 is 1.56 bits per heavy atom. The van der Waals surface area contributed by atoms with Crippen LogP contribution in [0.2, 0.25) is 0 Å². The molecule has 1 N–H and O–H groups in total. The molecule has 2 rings (SSSR count). The van der Waals surface area contributed by atoms with Crippen LogP contribution in [0.25, 0.3) is 0 Å². The van der Waals surface area contributed by atoms with E-state index in [1.165, 1.54) is 12.1 Å². The Balaban J connectivity index is 2.27. The minimum atomic E-state index is -4.08. The maximum absolute atomic E-state index is 12.3. The van der Waals surface area contributed by atoms with Gasteiger partial charge in [-0.15, -0.1) is 0 Å². The number of hydrogen-bond donors (Lipinski definition) is 1. The highest BCUT2D eigenvalue weighted by atomic mass is 79.9. The molecule has 0 bridgehead atoms. The van der Waals surface area contributed by atoms with Crippen molar-refractivity contribution in [2.24, 2.45) is 0 Å². The summed E-state index contributed by atoms with van der Waals surface area (Å²) in [7, 11) is -4.08. The number of halogens is 4. The monoisotopic (exact) mass is 486 g/mol. The van der Waals surface area contributed by atoms with Crippen LogP contribution in [0.5, 0.6) is 0 Å². The summed E-state index contributed by atoms with van der Waals surface area (Å²) in [5.41, 5.74) is -1.41. The third-order valence-corrected chi connectivity index (χ3v) is 5.57. The van der Waals surface area contributed by atoms with Crippen molar-refractivity contribution >= 4 is 60.9 Å². The first-order valence-electron chi connectivity index (χ1n) is 7.02. The van der Waals surface area contributed by atoms with Crippen LogP contribution >= 0.6 is 50.7 Å². The van der Waals surface area contributed by atoms with Gasteiger partial charge in [-0.05, 0) is 29.8 Å². The van der Waals surface area contributed by atoms with E-state index in [0.29, 0.717) is 5.56 Å². The normalized spacial score (nSPS) is 14.9. The van der Waals surface area contributed by atoms with Crippen LogP contribution in [0.15, 0.2) is 64.0 Å². The van der Waals surface area contributed by atoms with Gasteiger partial charge in [-0.25, -0.2) is 0 Å². The molecule has 0 amide bonds. The zero-order chi connectivity index (χ0) is 18.7. The second kappa shape index (κ2) is 8.13. The molecule has 25 heavy (non-hydrogen) atoms. The third kappa shape index (κ3) is 6.10. The van der Waals surface area contributed by atoms with Crippen LogP contribution in [0.3, 0.4) is 0 Å². The van der Waals surface area contributed by atoms with Gasteiger partial charge in [-0.1, -0.05) is 81.1 Å². The zero-order valence-corrected chi connectivity index (χ0v) is 17.4. The molecule has 0 aliphatic rings. The minimum absolute atomic E-state index is 0.0417. The van der Waals surface area contributed by atoms with E-state index < -0.39 is 26.1 Å². The third-order valence-electron chi connectivity index (χ3n) is 3.36. The summed E-state index contributed by atoms with van der Waals surface area (Å²) in [6.07, 6.45) is -0.343. The lowest BCUT2D eigenvalue weighted by Gasteiger charge is -2.31. The SMILES string of the molecule is O=S(=O)(OCC(O)(CC(Cl)(Cl)Cl)c1ccccc1)c1ccc(Br)cc1. The molecule has 2 aromatic rings. The Hall–Kier alpha value is -0.340. The van der Waals surface area contributed by atoms with Gasteiger partial charge in [0, 0.05) is 10.9 Å². The molecule has 0 fully saturated rings. The summed E-state index contributed by atoms with van der Waals surface area (Å²) in [4.78, 5) is -0.0417. The van der Waals surface area contributed by atoms with E-state index >= 15 is 0 Å². The van der Waals surface area contributed by atoms with Gasteiger partial charge in [0.2, 0.25) is 0 Å². The van der Waals surface area contributed by atoms with Crippen molar-refractivity contribution in [2.75, 3.05) is 6.61 Å². The molecule has 4 nitrogen and oxygen atoms in total. The van der Waals surface area contributed by atoms with Crippen molar-refractivity contribution in [1.82, 2.24) is 0 Å². The Kier molecular flexibility index (Phi) is 6.82. The van der Waals surface area contributed by atoms with Gasteiger partial charge in [0.25, 0.3) is 10.1 Å². The molecule has 9 heteroatoms. The van der Waals surface area contributed by atoms with Gasteiger partial charge in [0.05, 0.1) is 11.5 Å². The average Bonchev–Trinajstić information content (AvgIpc) is 2.53. The summed E-state index contributed by atoms with van der Waals surface area (Å²) >= 11 is 20.7. The Bertz CT molecular complexity index is 808. The molecule has 2 aromatic carbocycles. The molecule has 1 atom stereocenters. The highest BCUT2D eigenvalue weighted by Crippen LogP contribution is 2.40.